The van der Waals surface area contributed by atoms with E-state index in [-0.39, 0.29) is 11.6 Å². The Morgan fingerprint density at radius 2 is 2.00 bits per heavy atom. The van der Waals surface area contributed by atoms with Crippen molar-refractivity contribution in [3.05, 3.63) is 18.2 Å². The van der Waals surface area contributed by atoms with E-state index in [1.807, 2.05) is 13.3 Å². The Morgan fingerprint density at radius 1 is 1.33 bits per heavy atom. The average Bonchev–Trinajstić information content (AvgIpc) is 2.87. The lowest BCUT2D eigenvalue weighted by atomic mass is 9.68. The summed E-state index contributed by atoms with van der Waals surface area (Å²) in [6.45, 7) is 7.87. The standard InChI is InChI=1S/C17H31N3O/c1-5-11-20-12-10-19-15(20)13-14(18)17(21-4)8-6-16(2,3)7-9-17/h10,12,14H,5-9,11,13,18H2,1-4H3. The molecule has 2 N–H and O–H groups in total. The summed E-state index contributed by atoms with van der Waals surface area (Å²) in [7, 11) is 1.82. The van der Waals surface area contributed by atoms with Gasteiger partial charge in [-0.15, -0.1) is 0 Å². The second-order valence-corrected chi connectivity index (χ2v) is 7.28. The first-order chi connectivity index (χ1) is 9.92. The number of aryl methyl sites for hydroxylation is 1. The molecule has 0 aliphatic heterocycles. The number of nitrogens with two attached hydrogens (primary N) is 1. The van der Waals surface area contributed by atoms with Crippen LogP contribution in [-0.4, -0.2) is 28.3 Å². The molecule has 0 radical (unpaired) electrons. The predicted molar refractivity (Wildman–Crippen MR) is 86.2 cm³/mol. The van der Waals surface area contributed by atoms with Crippen LogP contribution in [0.2, 0.25) is 0 Å². The minimum absolute atomic E-state index is 0.0107. The van der Waals surface area contributed by atoms with Gasteiger partial charge in [-0.25, -0.2) is 4.98 Å². The van der Waals surface area contributed by atoms with Crippen LogP contribution in [0.25, 0.3) is 0 Å². The minimum atomic E-state index is -0.182. The lowest BCUT2D eigenvalue weighted by molar-refractivity contribution is -0.0785. The SMILES string of the molecule is CCCn1ccnc1CC(N)C1(OC)CCC(C)(C)CC1. The molecule has 1 aliphatic carbocycles. The number of ether oxygens (including phenoxy) is 1. The molecule has 4 heteroatoms. The van der Waals surface area contributed by atoms with Crippen LogP contribution in [0.4, 0.5) is 0 Å². The van der Waals surface area contributed by atoms with Crippen molar-refractivity contribution in [1.29, 1.82) is 0 Å². The van der Waals surface area contributed by atoms with Crippen LogP contribution in [0.1, 0.15) is 58.7 Å². The van der Waals surface area contributed by atoms with Crippen LogP contribution in [0.3, 0.4) is 0 Å². The molecule has 1 aromatic rings. The Labute approximate surface area is 129 Å². The molecule has 0 amide bonds. The molecule has 0 aromatic carbocycles. The van der Waals surface area contributed by atoms with Gasteiger partial charge in [0, 0.05) is 38.5 Å². The van der Waals surface area contributed by atoms with Crippen LogP contribution in [0.15, 0.2) is 12.4 Å². The Morgan fingerprint density at radius 3 is 2.57 bits per heavy atom. The van der Waals surface area contributed by atoms with Crippen molar-refractivity contribution < 1.29 is 4.74 Å². The van der Waals surface area contributed by atoms with Gasteiger partial charge < -0.3 is 15.0 Å². The molecule has 0 saturated heterocycles. The van der Waals surface area contributed by atoms with Crippen LogP contribution in [-0.2, 0) is 17.7 Å². The maximum atomic E-state index is 6.56. The number of imidazole rings is 1. The fourth-order valence-corrected chi connectivity index (χ4v) is 3.43. The predicted octanol–water partition coefficient (Wildman–Crippen LogP) is 3.15. The van der Waals surface area contributed by atoms with Crippen molar-refractivity contribution in [3.8, 4) is 0 Å². The molecule has 0 bridgehead atoms. The van der Waals surface area contributed by atoms with Gasteiger partial charge in [-0.2, -0.15) is 0 Å². The number of aromatic nitrogens is 2. The lowest BCUT2D eigenvalue weighted by Gasteiger charge is -2.45. The average molecular weight is 293 g/mol. The summed E-state index contributed by atoms with van der Waals surface area (Å²) < 4.78 is 8.14. The molecule has 4 nitrogen and oxygen atoms in total. The fraction of sp³-hybridized carbons (Fsp3) is 0.824. The molecule has 1 heterocycles. The first-order valence-electron chi connectivity index (χ1n) is 8.23. The molecular weight excluding hydrogens is 262 g/mol. The molecule has 2 rings (SSSR count). The fourth-order valence-electron chi connectivity index (χ4n) is 3.43. The second-order valence-electron chi connectivity index (χ2n) is 7.28. The maximum absolute atomic E-state index is 6.56. The van der Waals surface area contributed by atoms with E-state index in [0.717, 1.165) is 38.1 Å². The largest absolute Gasteiger partial charge is 0.377 e. The summed E-state index contributed by atoms with van der Waals surface area (Å²) in [5.41, 5.74) is 6.80. The molecule has 1 aliphatic rings. The highest BCUT2D eigenvalue weighted by atomic mass is 16.5. The van der Waals surface area contributed by atoms with Crippen molar-refractivity contribution >= 4 is 0 Å². The Hall–Kier alpha value is -0.870. The number of hydrogen-bond acceptors (Lipinski definition) is 3. The summed E-state index contributed by atoms with van der Waals surface area (Å²) in [6, 6.07) is 0.0107. The molecule has 1 saturated carbocycles. The van der Waals surface area contributed by atoms with Gasteiger partial charge in [-0.1, -0.05) is 20.8 Å². The van der Waals surface area contributed by atoms with Gasteiger partial charge in [0.1, 0.15) is 5.82 Å². The van der Waals surface area contributed by atoms with Crippen LogP contribution >= 0.6 is 0 Å². The van der Waals surface area contributed by atoms with Crippen molar-refractivity contribution in [2.45, 2.75) is 77.5 Å². The zero-order valence-corrected chi connectivity index (χ0v) is 14.1. The Bertz CT molecular complexity index is 443. The van der Waals surface area contributed by atoms with Crippen molar-refractivity contribution in [2.75, 3.05) is 7.11 Å². The van der Waals surface area contributed by atoms with Gasteiger partial charge in [0.25, 0.3) is 0 Å². The molecule has 0 spiro atoms. The first-order valence-corrected chi connectivity index (χ1v) is 8.23. The van der Waals surface area contributed by atoms with E-state index in [1.165, 1.54) is 12.8 Å². The highest BCUT2D eigenvalue weighted by Crippen LogP contribution is 2.43. The monoisotopic (exact) mass is 293 g/mol. The van der Waals surface area contributed by atoms with Crippen LogP contribution in [0, 0.1) is 5.41 Å². The quantitative estimate of drug-likeness (QED) is 0.876. The summed E-state index contributed by atoms with van der Waals surface area (Å²) >= 11 is 0. The summed E-state index contributed by atoms with van der Waals surface area (Å²) in [4.78, 5) is 4.49. The van der Waals surface area contributed by atoms with Crippen LogP contribution in [0.5, 0.6) is 0 Å². The highest BCUT2D eigenvalue weighted by Gasteiger charge is 2.43. The van der Waals surface area contributed by atoms with E-state index in [0.29, 0.717) is 5.41 Å². The van der Waals surface area contributed by atoms with E-state index in [9.17, 15) is 0 Å². The van der Waals surface area contributed by atoms with Crippen LogP contribution < -0.4 is 5.73 Å². The van der Waals surface area contributed by atoms with Crippen molar-refractivity contribution in [3.63, 3.8) is 0 Å². The second kappa shape index (κ2) is 6.49. The van der Waals surface area contributed by atoms with Crippen molar-refractivity contribution in [2.24, 2.45) is 11.1 Å². The number of nitrogens with zero attached hydrogens (tertiary/aromatic N) is 2. The first kappa shape index (κ1) is 16.5. The Kier molecular flexibility index (Phi) is 5.10. The van der Waals surface area contributed by atoms with E-state index in [4.69, 9.17) is 10.5 Å². The number of methoxy groups -OCH3 is 1. The third-order valence-electron chi connectivity index (χ3n) is 5.20. The summed E-state index contributed by atoms with van der Waals surface area (Å²) in [5, 5.41) is 0. The summed E-state index contributed by atoms with van der Waals surface area (Å²) in [5.74, 6) is 1.09. The normalized spacial score (nSPS) is 22.1. The topological polar surface area (TPSA) is 53.1 Å². The molecule has 1 fully saturated rings. The number of hydrogen-bond donors (Lipinski definition) is 1. The summed E-state index contributed by atoms with van der Waals surface area (Å²) in [6.07, 6.45) is 10.3. The minimum Gasteiger partial charge on any atom is -0.377 e. The lowest BCUT2D eigenvalue weighted by Crippen LogP contribution is -2.53. The van der Waals surface area contributed by atoms with Gasteiger partial charge in [-0.05, 0) is 37.5 Å². The molecule has 1 atom stereocenters. The molecule has 120 valence electrons. The van der Waals surface area contributed by atoms with E-state index < -0.39 is 0 Å². The van der Waals surface area contributed by atoms with Gasteiger partial charge in [-0.3, -0.25) is 0 Å². The highest BCUT2D eigenvalue weighted by molar-refractivity contribution is 5.03. The van der Waals surface area contributed by atoms with E-state index >= 15 is 0 Å². The van der Waals surface area contributed by atoms with Gasteiger partial charge >= 0.3 is 0 Å². The zero-order chi connectivity index (χ0) is 15.5. The molecule has 1 aromatic heterocycles. The van der Waals surface area contributed by atoms with Gasteiger partial charge in [0.05, 0.1) is 5.60 Å². The van der Waals surface area contributed by atoms with Gasteiger partial charge in [0.2, 0.25) is 0 Å². The third-order valence-corrected chi connectivity index (χ3v) is 5.20. The number of rotatable bonds is 6. The molecule has 1 unspecified atom stereocenters. The zero-order valence-electron chi connectivity index (χ0n) is 14.1. The molecule has 21 heavy (non-hydrogen) atoms. The van der Waals surface area contributed by atoms with Gasteiger partial charge in [0.15, 0.2) is 0 Å². The smallest absolute Gasteiger partial charge is 0.110 e. The maximum Gasteiger partial charge on any atom is 0.110 e. The van der Waals surface area contributed by atoms with E-state index in [1.54, 1.807) is 0 Å². The molecular formula is C17H31N3O. The van der Waals surface area contributed by atoms with Crippen molar-refractivity contribution in [1.82, 2.24) is 9.55 Å². The van der Waals surface area contributed by atoms with E-state index in [2.05, 4.69) is 36.5 Å². The third kappa shape index (κ3) is 3.67. The Balaban J connectivity index is 2.07.